The van der Waals surface area contributed by atoms with E-state index in [4.69, 9.17) is 16.7 Å². The Balaban J connectivity index is 2.67. The maximum atomic E-state index is 13.0. The molecule has 1 aromatic heterocycles. The van der Waals surface area contributed by atoms with E-state index < -0.39 is 23.5 Å². The molecule has 0 spiro atoms. The van der Waals surface area contributed by atoms with Crippen molar-refractivity contribution in [1.29, 1.82) is 0 Å². The van der Waals surface area contributed by atoms with Gasteiger partial charge in [-0.15, -0.1) is 5.10 Å². The zero-order chi connectivity index (χ0) is 15.1. The Bertz CT molecular complexity index is 682. The van der Waals surface area contributed by atoms with Gasteiger partial charge >= 0.3 is 12.1 Å². The summed E-state index contributed by atoms with van der Waals surface area (Å²) in [6, 6.07) is 3.12. The number of carboxylic acids is 1. The molecule has 0 atom stereocenters. The average Bonchev–Trinajstić information content (AvgIpc) is 2.70. The van der Waals surface area contributed by atoms with Gasteiger partial charge in [-0.3, -0.25) is 0 Å². The van der Waals surface area contributed by atoms with Crippen LogP contribution in [0.25, 0.3) is 5.69 Å². The van der Waals surface area contributed by atoms with E-state index in [1.54, 1.807) is 0 Å². The molecule has 2 aromatic rings. The van der Waals surface area contributed by atoms with Crippen molar-refractivity contribution in [3.63, 3.8) is 0 Å². The van der Waals surface area contributed by atoms with Gasteiger partial charge in [-0.25, -0.2) is 14.5 Å². The molecule has 1 heterocycles. The van der Waals surface area contributed by atoms with Gasteiger partial charge in [0.15, 0.2) is 0 Å². The maximum Gasteiger partial charge on any atom is 0.418 e. The average molecular weight is 306 g/mol. The number of rotatable bonds is 2. The first-order valence-corrected chi connectivity index (χ1v) is 5.62. The molecule has 0 radical (unpaired) electrons. The number of aryl methyl sites for hydroxylation is 1. The molecule has 0 aliphatic rings. The molecule has 1 N–H and O–H groups in total. The maximum absolute atomic E-state index is 13.0. The van der Waals surface area contributed by atoms with E-state index in [2.05, 4.69) is 10.1 Å². The fourth-order valence-electron chi connectivity index (χ4n) is 1.63. The number of benzene rings is 1. The molecule has 0 bridgehead atoms. The minimum Gasteiger partial charge on any atom is -0.475 e. The Labute approximate surface area is 115 Å². The summed E-state index contributed by atoms with van der Waals surface area (Å²) in [6.45, 7) is 1.36. The summed E-state index contributed by atoms with van der Waals surface area (Å²) >= 11 is 5.57. The molecule has 106 valence electrons. The van der Waals surface area contributed by atoms with Gasteiger partial charge in [-0.2, -0.15) is 13.2 Å². The summed E-state index contributed by atoms with van der Waals surface area (Å²) in [5, 5.41) is 12.2. The monoisotopic (exact) mass is 305 g/mol. The molecule has 0 amide bonds. The Morgan fingerprint density at radius 3 is 2.55 bits per heavy atom. The molecule has 5 nitrogen and oxygen atoms in total. The zero-order valence-corrected chi connectivity index (χ0v) is 10.7. The standard InChI is InChI=1S/C11H7ClF3N3O2/c1-5-16-9(10(19)20)17-18(5)8-3-2-6(12)4-7(8)11(13,14)15/h2-4H,1H3,(H,19,20). The molecule has 0 saturated heterocycles. The highest BCUT2D eigenvalue weighted by molar-refractivity contribution is 6.30. The molecular formula is C11H7ClF3N3O2. The van der Waals surface area contributed by atoms with Crippen LogP contribution in [0, 0.1) is 6.92 Å². The number of carboxylic acid groups (broad SMARTS) is 1. The molecule has 0 unspecified atom stereocenters. The number of aromatic nitrogens is 3. The van der Waals surface area contributed by atoms with Crippen LogP contribution in [-0.4, -0.2) is 25.8 Å². The van der Waals surface area contributed by atoms with E-state index in [9.17, 15) is 18.0 Å². The Morgan fingerprint density at radius 1 is 1.40 bits per heavy atom. The highest BCUT2D eigenvalue weighted by Gasteiger charge is 2.35. The van der Waals surface area contributed by atoms with Crippen molar-refractivity contribution in [3.05, 3.63) is 40.4 Å². The van der Waals surface area contributed by atoms with Gasteiger partial charge in [0, 0.05) is 5.02 Å². The predicted molar refractivity (Wildman–Crippen MR) is 63.1 cm³/mol. The van der Waals surface area contributed by atoms with Crippen LogP contribution in [0.3, 0.4) is 0 Å². The number of halogens is 4. The lowest BCUT2D eigenvalue weighted by Crippen LogP contribution is -2.12. The van der Waals surface area contributed by atoms with E-state index in [0.29, 0.717) is 0 Å². The summed E-state index contributed by atoms with van der Waals surface area (Å²) < 4.78 is 39.7. The van der Waals surface area contributed by atoms with Gasteiger partial charge in [-0.05, 0) is 25.1 Å². The Hall–Kier alpha value is -2.09. The van der Waals surface area contributed by atoms with Crippen molar-refractivity contribution in [2.45, 2.75) is 13.1 Å². The second-order valence-electron chi connectivity index (χ2n) is 3.86. The van der Waals surface area contributed by atoms with Crippen LogP contribution in [0.15, 0.2) is 18.2 Å². The number of carbonyl (C=O) groups is 1. The minimum absolute atomic E-state index is 0.0234. The predicted octanol–water partition coefficient (Wildman–Crippen LogP) is 2.95. The molecule has 0 aliphatic heterocycles. The van der Waals surface area contributed by atoms with E-state index in [1.165, 1.54) is 13.0 Å². The van der Waals surface area contributed by atoms with Crippen LogP contribution < -0.4 is 0 Å². The van der Waals surface area contributed by atoms with Crippen molar-refractivity contribution in [2.75, 3.05) is 0 Å². The molecule has 0 fully saturated rings. The second-order valence-corrected chi connectivity index (χ2v) is 4.30. The summed E-state index contributed by atoms with van der Waals surface area (Å²) in [7, 11) is 0. The Kier molecular flexibility index (Phi) is 3.43. The highest BCUT2D eigenvalue weighted by Crippen LogP contribution is 2.35. The molecule has 0 saturated carbocycles. The van der Waals surface area contributed by atoms with Crippen molar-refractivity contribution in [3.8, 4) is 5.69 Å². The largest absolute Gasteiger partial charge is 0.475 e. The lowest BCUT2D eigenvalue weighted by molar-refractivity contribution is -0.137. The van der Waals surface area contributed by atoms with Gasteiger partial charge in [-0.1, -0.05) is 11.6 Å². The van der Waals surface area contributed by atoms with E-state index in [1.807, 2.05) is 0 Å². The fraction of sp³-hybridized carbons (Fsp3) is 0.182. The molecular weight excluding hydrogens is 299 g/mol. The molecule has 0 aliphatic carbocycles. The van der Waals surface area contributed by atoms with Gasteiger partial charge in [0.05, 0.1) is 11.3 Å². The van der Waals surface area contributed by atoms with Crippen molar-refractivity contribution < 1.29 is 23.1 Å². The van der Waals surface area contributed by atoms with Crippen LogP contribution in [0.1, 0.15) is 22.0 Å². The third-order valence-corrected chi connectivity index (χ3v) is 2.69. The first kappa shape index (κ1) is 14.3. The summed E-state index contributed by atoms with van der Waals surface area (Å²) in [4.78, 5) is 14.3. The van der Waals surface area contributed by atoms with Crippen LogP contribution in [0.4, 0.5) is 13.2 Å². The number of alkyl halides is 3. The van der Waals surface area contributed by atoms with Crippen LogP contribution in [-0.2, 0) is 6.18 Å². The van der Waals surface area contributed by atoms with Crippen LogP contribution in [0.5, 0.6) is 0 Å². The zero-order valence-electron chi connectivity index (χ0n) is 9.94. The van der Waals surface area contributed by atoms with Crippen LogP contribution >= 0.6 is 11.6 Å². The van der Waals surface area contributed by atoms with Crippen molar-refractivity contribution in [1.82, 2.24) is 14.8 Å². The third-order valence-electron chi connectivity index (χ3n) is 2.45. The van der Waals surface area contributed by atoms with E-state index in [0.717, 1.165) is 16.8 Å². The third kappa shape index (κ3) is 2.60. The summed E-state index contributed by atoms with van der Waals surface area (Å²) in [6.07, 6.45) is -4.65. The molecule has 2 rings (SSSR count). The number of nitrogens with zero attached hydrogens (tertiary/aromatic N) is 3. The van der Waals surface area contributed by atoms with Gasteiger partial charge < -0.3 is 5.11 Å². The van der Waals surface area contributed by atoms with Crippen molar-refractivity contribution in [2.24, 2.45) is 0 Å². The molecule has 9 heteroatoms. The van der Waals surface area contributed by atoms with Gasteiger partial charge in [0.2, 0.25) is 0 Å². The van der Waals surface area contributed by atoms with E-state index >= 15 is 0 Å². The quantitative estimate of drug-likeness (QED) is 0.926. The highest BCUT2D eigenvalue weighted by atomic mass is 35.5. The summed E-state index contributed by atoms with van der Waals surface area (Å²) in [5.41, 5.74) is -1.35. The van der Waals surface area contributed by atoms with E-state index in [-0.39, 0.29) is 16.5 Å². The van der Waals surface area contributed by atoms with Crippen molar-refractivity contribution >= 4 is 17.6 Å². The van der Waals surface area contributed by atoms with Gasteiger partial charge in [0.1, 0.15) is 5.82 Å². The fourth-order valence-corrected chi connectivity index (χ4v) is 1.80. The minimum atomic E-state index is -4.65. The number of hydrogen-bond acceptors (Lipinski definition) is 3. The normalized spacial score (nSPS) is 11.7. The lowest BCUT2D eigenvalue weighted by Gasteiger charge is -2.13. The lowest BCUT2D eigenvalue weighted by atomic mass is 10.1. The SMILES string of the molecule is Cc1nc(C(=O)O)nn1-c1ccc(Cl)cc1C(F)(F)F. The molecule has 1 aromatic carbocycles. The topological polar surface area (TPSA) is 68.0 Å². The first-order valence-electron chi connectivity index (χ1n) is 5.24. The second kappa shape index (κ2) is 4.78. The molecule has 20 heavy (non-hydrogen) atoms. The summed E-state index contributed by atoms with van der Waals surface area (Å²) in [5.74, 6) is -1.98. The Morgan fingerprint density at radius 2 is 2.05 bits per heavy atom. The number of aromatic carboxylic acids is 1. The first-order chi connectivity index (χ1) is 9.20. The number of hydrogen-bond donors (Lipinski definition) is 1. The van der Waals surface area contributed by atoms with Crippen LogP contribution in [0.2, 0.25) is 5.02 Å². The smallest absolute Gasteiger partial charge is 0.418 e. The van der Waals surface area contributed by atoms with Gasteiger partial charge in [0.25, 0.3) is 5.82 Å².